The second kappa shape index (κ2) is 4.34. The van der Waals surface area contributed by atoms with E-state index in [2.05, 4.69) is 4.98 Å². The molecule has 0 aliphatic rings. The van der Waals surface area contributed by atoms with E-state index >= 15 is 0 Å². The van der Waals surface area contributed by atoms with Gasteiger partial charge in [-0.15, -0.1) is 0 Å². The minimum atomic E-state index is -0.612. The number of rotatable bonds is 1. The molecule has 108 valence electrons. The standard InChI is InChI=1S/C14H13N3O4/c1-16-12-9(13(19)17(2)14(16)20)11(18)7-5-4-6-8(21-3)10(7)15-12/h4-6H,1-3H3,(H,15,18). The first kappa shape index (κ1) is 13.2. The van der Waals surface area contributed by atoms with Crippen LogP contribution in [0, 0.1) is 0 Å². The van der Waals surface area contributed by atoms with Gasteiger partial charge in [0.15, 0.2) is 0 Å². The smallest absolute Gasteiger partial charge is 0.332 e. The second-order valence-electron chi connectivity index (χ2n) is 4.77. The third-order valence-corrected chi connectivity index (χ3v) is 3.63. The number of methoxy groups -OCH3 is 1. The summed E-state index contributed by atoms with van der Waals surface area (Å²) in [5.74, 6) is 0.472. The number of aromatic amines is 1. The third kappa shape index (κ3) is 1.63. The van der Waals surface area contributed by atoms with E-state index in [1.54, 1.807) is 18.2 Å². The van der Waals surface area contributed by atoms with Crippen molar-refractivity contribution in [3.05, 3.63) is 49.3 Å². The van der Waals surface area contributed by atoms with Crippen LogP contribution in [-0.4, -0.2) is 21.2 Å². The second-order valence-corrected chi connectivity index (χ2v) is 4.77. The van der Waals surface area contributed by atoms with Crippen molar-refractivity contribution >= 4 is 21.9 Å². The predicted molar refractivity (Wildman–Crippen MR) is 79.1 cm³/mol. The number of pyridine rings is 1. The van der Waals surface area contributed by atoms with Crippen LogP contribution in [0.4, 0.5) is 0 Å². The molecule has 0 saturated heterocycles. The van der Waals surface area contributed by atoms with E-state index in [9.17, 15) is 14.4 Å². The quantitative estimate of drug-likeness (QED) is 0.643. The molecular formula is C14H13N3O4. The molecule has 0 atom stereocenters. The number of nitrogens with one attached hydrogen (secondary N) is 1. The van der Waals surface area contributed by atoms with E-state index in [0.29, 0.717) is 16.7 Å². The Balaban J connectivity index is 2.74. The minimum absolute atomic E-state index is 0.0413. The van der Waals surface area contributed by atoms with Crippen molar-refractivity contribution in [2.24, 2.45) is 14.1 Å². The van der Waals surface area contributed by atoms with Crippen molar-refractivity contribution in [1.29, 1.82) is 0 Å². The van der Waals surface area contributed by atoms with Crippen molar-refractivity contribution < 1.29 is 4.74 Å². The van der Waals surface area contributed by atoms with Gasteiger partial charge in [-0.25, -0.2) is 4.79 Å². The number of benzene rings is 1. The summed E-state index contributed by atoms with van der Waals surface area (Å²) in [5, 5.41) is 0.304. The van der Waals surface area contributed by atoms with Gasteiger partial charge in [0.1, 0.15) is 16.8 Å². The zero-order valence-corrected chi connectivity index (χ0v) is 11.8. The largest absolute Gasteiger partial charge is 0.495 e. The summed E-state index contributed by atoms with van der Waals surface area (Å²) < 4.78 is 7.37. The molecule has 0 fully saturated rings. The van der Waals surface area contributed by atoms with E-state index in [4.69, 9.17) is 4.74 Å². The van der Waals surface area contributed by atoms with Gasteiger partial charge in [0, 0.05) is 14.1 Å². The number of H-pyrrole nitrogens is 1. The molecule has 2 aromatic heterocycles. The van der Waals surface area contributed by atoms with Crippen LogP contribution in [0.3, 0.4) is 0 Å². The van der Waals surface area contributed by atoms with Crippen LogP contribution in [0.2, 0.25) is 0 Å². The molecular weight excluding hydrogens is 274 g/mol. The maximum atomic E-state index is 12.6. The highest BCUT2D eigenvalue weighted by atomic mass is 16.5. The molecule has 1 N–H and O–H groups in total. The van der Waals surface area contributed by atoms with Gasteiger partial charge in [-0.3, -0.25) is 18.7 Å². The van der Waals surface area contributed by atoms with Crippen LogP contribution in [-0.2, 0) is 14.1 Å². The lowest BCUT2D eigenvalue weighted by molar-refractivity contribution is 0.419. The number of para-hydroxylation sites is 1. The number of ether oxygens (including phenoxy) is 1. The molecule has 0 amide bonds. The first-order valence-electron chi connectivity index (χ1n) is 6.26. The van der Waals surface area contributed by atoms with Gasteiger partial charge >= 0.3 is 5.69 Å². The monoisotopic (exact) mass is 287 g/mol. The van der Waals surface area contributed by atoms with E-state index in [1.165, 1.54) is 25.8 Å². The molecule has 0 saturated carbocycles. The van der Waals surface area contributed by atoms with Crippen molar-refractivity contribution in [3.8, 4) is 5.75 Å². The number of aryl methyl sites for hydroxylation is 1. The molecule has 0 spiro atoms. The Labute approximate surface area is 118 Å². The summed E-state index contributed by atoms with van der Waals surface area (Å²) in [4.78, 5) is 39.8. The summed E-state index contributed by atoms with van der Waals surface area (Å²) >= 11 is 0. The lowest BCUT2D eigenvalue weighted by atomic mass is 10.1. The Kier molecular flexibility index (Phi) is 2.72. The Hall–Kier alpha value is -2.83. The van der Waals surface area contributed by atoms with Gasteiger partial charge in [0.05, 0.1) is 18.0 Å². The SMILES string of the molecule is COc1cccc2c(=O)c3c(=O)n(C)c(=O)n(C)c3[nH]c12. The Morgan fingerprint density at radius 2 is 1.81 bits per heavy atom. The maximum absolute atomic E-state index is 12.6. The zero-order chi connectivity index (χ0) is 15.3. The molecule has 1 aromatic carbocycles. The van der Waals surface area contributed by atoms with Gasteiger partial charge in [-0.2, -0.15) is 0 Å². The number of fused-ring (bicyclic) bond motifs is 2. The topological polar surface area (TPSA) is 86.1 Å². The van der Waals surface area contributed by atoms with Crippen LogP contribution < -0.4 is 21.4 Å². The summed E-state index contributed by atoms with van der Waals surface area (Å²) in [6, 6.07) is 4.98. The molecule has 0 radical (unpaired) electrons. The van der Waals surface area contributed by atoms with Crippen molar-refractivity contribution in [2.45, 2.75) is 0 Å². The van der Waals surface area contributed by atoms with Crippen LogP contribution in [0.25, 0.3) is 21.9 Å². The number of nitrogens with zero attached hydrogens (tertiary/aromatic N) is 2. The first-order valence-corrected chi connectivity index (χ1v) is 6.26. The van der Waals surface area contributed by atoms with Gasteiger partial charge in [0.25, 0.3) is 5.56 Å². The average molecular weight is 287 g/mol. The van der Waals surface area contributed by atoms with E-state index in [-0.39, 0.29) is 11.0 Å². The molecule has 0 aliphatic heterocycles. The first-order chi connectivity index (χ1) is 9.97. The van der Waals surface area contributed by atoms with E-state index in [1.807, 2.05) is 0 Å². The Bertz CT molecular complexity index is 1060. The maximum Gasteiger partial charge on any atom is 0.332 e. The van der Waals surface area contributed by atoms with E-state index in [0.717, 1.165) is 4.57 Å². The summed E-state index contributed by atoms with van der Waals surface area (Å²) in [5.41, 5.74) is -0.892. The number of hydrogen-bond donors (Lipinski definition) is 1. The van der Waals surface area contributed by atoms with Crippen LogP contribution in [0.1, 0.15) is 0 Å². The molecule has 3 aromatic rings. The predicted octanol–water partition coefficient (Wildman–Crippen LogP) is 0.0873. The van der Waals surface area contributed by atoms with Gasteiger partial charge < -0.3 is 9.72 Å². The van der Waals surface area contributed by atoms with Gasteiger partial charge in [0.2, 0.25) is 5.43 Å². The number of aromatic nitrogens is 3. The number of hydrogen-bond acceptors (Lipinski definition) is 4. The van der Waals surface area contributed by atoms with Crippen LogP contribution >= 0.6 is 0 Å². The zero-order valence-electron chi connectivity index (χ0n) is 11.8. The van der Waals surface area contributed by atoms with Gasteiger partial charge in [-0.1, -0.05) is 6.07 Å². The molecule has 2 heterocycles. The minimum Gasteiger partial charge on any atom is -0.495 e. The third-order valence-electron chi connectivity index (χ3n) is 3.63. The lowest BCUT2D eigenvalue weighted by Crippen LogP contribution is -2.39. The average Bonchev–Trinajstić information content (AvgIpc) is 2.50. The highest BCUT2D eigenvalue weighted by Gasteiger charge is 2.16. The Morgan fingerprint density at radius 1 is 1.10 bits per heavy atom. The molecule has 3 rings (SSSR count). The fraction of sp³-hybridized carbons (Fsp3) is 0.214. The van der Waals surface area contributed by atoms with Gasteiger partial charge in [-0.05, 0) is 12.1 Å². The summed E-state index contributed by atoms with van der Waals surface area (Å²) in [6.07, 6.45) is 0. The fourth-order valence-corrected chi connectivity index (χ4v) is 2.47. The molecule has 7 heteroatoms. The fourth-order valence-electron chi connectivity index (χ4n) is 2.47. The molecule has 0 aliphatic carbocycles. The van der Waals surface area contributed by atoms with E-state index < -0.39 is 16.7 Å². The normalized spacial score (nSPS) is 11.2. The van der Waals surface area contributed by atoms with Crippen LogP contribution in [0.5, 0.6) is 5.75 Å². The molecule has 21 heavy (non-hydrogen) atoms. The molecule has 0 bridgehead atoms. The lowest BCUT2D eigenvalue weighted by Gasteiger charge is -2.10. The van der Waals surface area contributed by atoms with Crippen molar-refractivity contribution in [2.75, 3.05) is 7.11 Å². The summed E-state index contributed by atoms with van der Waals surface area (Å²) in [7, 11) is 4.33. The van der Waals surface area contributed by atoms with Crippen molar-refractivity contribution in [1.82, 2.24) is 14.1 Å². The summed E-state index contributed by atoms with van der Waals surface area (Å²) in [6.45, 7) is 0. The highest BCUT2D eigenvalue weighted by Crippen LogP contribution is 2.22. The molecule has 7 nitrogen and oxygen atoms in total. The molecule has 0 unspecified atom stereocenters. The van der Waals surface area contributed by atoms with Crippen LogP contribution in [0.15, 0.2) is 32.6 Å². The van der Waals surface area contributed by atoms with Crippen molar-refractivity contribution in [3.63, 3.8) is 0 Å². The Morgan fingerprint density at radius 3 is 2.48 bits per heavy atom. The highest BCUT2D eigenvalue weighted by molar-refractivity contribution is 5.93.